The van der Waals surface area contributed by atoms with Gasteiger partial charge in [-0.15, -0.1) is 0 Å². The summed E-state index contributed by atoms with van der Waals surface area (Å²) in [6, 6.07) is 0. The molecule has 0 heterocycles. The molecule has 35 heavy (non-hydrogen) atoms. The van der Waals surface area contributed by atoms with Gasteiger partial charge in [-0.1, -0.05) is 53.9 Å². The maximum atomic E-state index is 12.2. The highest BCUT2D eigenvalue weighted by Crippen LogP contribution is 2.68. The average molecular weight is 489 g/mol. The maximum Gasteiger partial charge on any atom is 0.302 e. The van der Waals surface area contributed by atoms with Crippen LogP contribution < -0.4 is 0 Å². The summed E-state index contributed by atoms with van der Waals surface area (Å²) in [4.78, 5) is 23.9. The van der Waals surface area contributed by atoms with E-state index in [1.165, 1.54) is 51.9 Å². The van der Waals surface area contributed by atoms with Crippen LogP contribution in [0.5, 0.6) is 0 Å². The molecule has 0 saturated heterocycles. The van der Waals surface area contributed by atoms with Crippen molar-refractivity contribution < 1.29 is 19.1 Å². The lowest BCUT2D eigenvalue weighted by molar-refractivity contribution is -0.197. The summed E-state index contributed by atoms with van der Waals surface area (Å²) in [7, 11) is 0. The lowest BCUT2D eigenvalue weighted by atomic mass is 9.43. The average Bonchev–Trinajstić information content (AvgIpc) is 3.11. The molecule has 4 rings (SSSR count). The second-order valence-electron chi connectivity index (χ2n) is 13.9. The zero-order valence-corrected chi connectivity index (χ0v) is 23.6. The smallest absolute Gasteiger partial charge is 0.302 e. The summed E-state index contributed by atoms with van der Waals surface area (Å²) in [6.07, 6.45) is 13.3. The molecular weight excluding hydrogens is 436 g/mol. The minimum absolute atomic E-state index is 0.0309. The molecule has 0 N–H and O–H groups in total. The first-order valence-electron chi connectivity index (χ1n) is 14.8. The van der Waals surface area contributed by atoms with Gasteiger partial charge in [0.25, 0.3) is 0 Å². The Morgan fingerprint density at radius 1 is 0.800 bits per heavy atom. The number of hydrogen-bond donors (Lipinski definition) is 0. The largest absolute Gasteiger partial charge is 0.463 e. The van der Waals surface area contributed by atoms with Crippen LogP contribution in [0.2, 0.25) is 0 Å². The van der Waals surface area contributed by atoms with E-state index in [2.05, 4.69) is 34.6 Å². The van der Waals surface area contributed by atoms with Crippen LogP contribution in [-0.4, -0.2) is 24.1 Å². The summed E-state index contributed by atoms with van der Waals surface area (Å²) in [5.41, 5.74) is 0.597. The van der Waals surface area contributed by atoms with Crippen molar-refractivity contribution in [1.82, 2.24) is 0 Å². The van der Waals surface area contributed by atoms with Gasteiger partial charge in [-0.2, -0.15) is 0 Å². The molecule has 10 atom stereocenters. The molecule has 0 aromatic rings. The van der Waals surface area contributed by atoms with Crippen molar-refractivity contribution in [3.8, 4) is 0 Å². The molecule has 0 amide bonds. The third kappa shape index (κ3) is 5.19. The van der Waals surface area contributed by atoms with Gasteiger partial charge in [-0.05, 0) is 97.7 Å². The Balaban J connectivity index is 1.54. The normalized spacial score (nSPS) is 43.6. The SMILES string of the molecule is CC(=O)OC1CCC2(C)C3CCC4(C)C(CCC4[C@H](C)CCCC(C)C)C3CC(OC(C)=O)[C@H]2C1. The first kappa shape index (κ1) is 27.0. The molecule has 0 radical (unpaired) electrons. The Bertz CT molecular complexity index is 776. The van der Waals surface area contributed by atoms with Crippen molar-refractivity contribution >= 4 is 11.9 Å². The molecule has 200 valence electrons. The van der Waals surface area contributed by atoms with E-state index in [1.54, 1.807) is 6.92 Å². The first-order chi connectivity index (χ1) is 16.5. The van der Waals surface area contributed by atoms with Gasteiger partial charge in [-0.3, -0.25) is 9.59 Å². The topological polar surface area (TPSA) is 52.6 Å². The Kier molecular flexibility index (Phi) is 7.99. The number of hydrogen-bond acceptors (Lipinski definition) is 4. The van der Waals surface area contributed by atoms with Crippen LogP contribution in [0.25, 0.3) is 0 Å². The summed E-state index contributed by atoms with van der Waals surface area (Å²) >= 11 is 0. The first-order valence-corrected chi connectivity index (χ1v) is 14.8. The quantitative estimate of drug-likeness (QED) is 0.347. The van der Waals surface area contributed by atoms with E-state index in [0.717, 1.165) is 49.4 Å². The van der Waals surface area contributed by atoms with Crippen LogP contribution in [0.1, 0.15) is 119 Å². The lowest BCUT2D eigenvalue weighted by Gasteiger charge is -2.62. The fourth-order valence-corrected chi connectivity index (χ4v) is 9.94. The lowest BCUT2D eigenvalue weighted by Crippen LogP contribution is -2.59. The third-order valence-electron chi connectivity index (χ3n) is 11.5. The van der Waals surface area contributed by atoms with Crippen LogP contribution >= 0.6 is 0 Å². The van der Waals surface area contributed by atoms with Crippen molar-refractivity contribution in [3.05, 3.63) is 0 Å². The fraction of sp³-hybridized carbons (Fsp3) is 0.935. The number of carbonyl (C=O) groups is 2. The van der Waals surface area contributed by atoms with Gasteiger partial charge in [0.05, 0.1) is 0 Å². The van der Waals surface area contributed by atoms with Crippen LogP contribution in [0.15, 0.2) is 0 Å². The summed E-state index contributed by atoms with van der Waals surface area (Å²) in [6.45, 7) is 15.4. The zero-order valence-electron chi connectivity index (χ0n) is 23.6. The summed E-state index contributed by atoms with van der Waals surface area (Å²) in [5.74, 6) is 4.48. The third-order valence-corrected chi connectivity index (χ3v) is 11.5. The highest BCUT2D eigenvalue weighted by Gasteiger charge is 2.63. The summed E-state index contributed by atoms with van der Waals surface area (Å²) < 4.78 is 11.7. The van der Waals surface area contributed by atoms with Crippen LogP contribution in [0.3, 0.4) is 0 Å². The molecule has 0 aromatic carbocycles. The standard InChI is InChI=1S/C31H52O4/c1-19(2)9-8-10-20(3)25-11-12-26-24-18-29(35-22(5)33)28-17-23(34-21(4)32)13-15-31(28,7)27(24)14-16-30(25,26)6/h19-20,23-29H,8-18H2,1-7H3/t20-,23?,24?,25?,26?,27?,28-,29?,30?,31?/m1/s1. The molecule has 0 aromatic heterocycles. The molecule has 0 aliphatic heterocycles. The fourth-order valence-electron chi connectivity index (χ4n) is 9.94. The highest BCUT2D eigenvalue weighted by atomic mass is 16.5. The van der Waals surface area contributed by atoms with E-state index in [0.29, 0.717) is 23.2 Å². The van der Waals surface area contributed by atoms with Crippen molar-refractivity contribution in [2.45, 2.75) is 131 Å². The van der Waals surface area contributed by atoms with Gasteiger partial charge < -0.3 is 9.47 Å². The second kappa shape index (κ2) is 10.4. The van der Waals surface area contributed by atoms with Gasteiger partial charge in [0.15, 0.2) is 0 Å². The van der Waals surface area contributed by atoms with Crippen LogP contribution in [0, 0.1) is 52.3 Å². The van der Waals surface area contributed by atoms with Crippen LogP contribution in [-0.2, 0) is 19.1 Å². The second-order valence-corrected chi connectivity index (χ2v) is 13.9. The molecular formula is C31H52O4. The van der Waals surface area contributed by atoms with Gasteiger partial charge >= 0.3 is 11.9 Å². The van der Waals surface area contributed by atoms with Gasteiger partial charge in [-0.25, -0.2) is 0 Å². The predicted molar refractivity (Wildman–Crippen MR) is 140 cm³/mol. The van der Waals surface area contributed by atoms with Crippen LogP contribution in [0.4, 0.5) is 0 Å². The van der Waals surface area contributed by atoms with Crippen molar-refractivity contribution in [3.63, 3.8) is 0 Å². The Morgan fingerprint density at radius 2 is 1.46 bits per heavy atom. The van der Waals surface area contributed by atoms with E-state index in [1.807, 2.05) is 0 Å². The molecule has 0 bridgehead atoms. The number of rotatable bonds is 7. The van der Waals surface area contributed by atoms with Gasteiger partial charge in [0, 0.05) is 19.8 Å². The Labute approximate surface area is 214 Å². The van der Waals surface area contributed by atoms with E-state index in [9.17, 15) is 9.59 Å². The molecule has 4 aliphatic rings. The van der Waals surface area contributed by atoms with Crippen molar-refractivity contribution in [1.29, 1.82) is 0 Å². The summed E-state index contributed by atoms with van der Waals surface area (Å²) in [5, 5.41) is 0. The Hall–Kier alpha value is -1.06. The number of ether oxygens (including phenoxy) is 2. The van der Waals surface area contributed by atoms with Gasteiger partial charge in [0.1, 0.15) is 12.2 Å². The molecule has 4 saturated carbocycles. The van der Waals surface area contributed by atoms with Crippen molar-refractivity contribution in [2.75, 3.05) is 0 Å². The maximum absolute atomic E-state index is 12.2. The van der Waals surface area contributed by atoms with Crippen molar-refractivity contribution in [2.24, 2.45) is 52.3 Å². The molecule has 4 fully saturated rings. The Morgan fingerprint density at radius 3 is 2.11 bits per heavy atom. The minimum atomic E-state index is -0.190. The van der Waals surface area contributed by atoms with E-state index in [-0.39, 0.29) is 29.6 Å². The molecule has 4 aliphatic carbocycles. The van der Waals surface area contributed by atoms with E-state index < -0.39 is 0 Å². The molecule has 4 heteroatoms. The van der Waals surface area contributed by atoms with E-state index >= 15 is 0 Å². The monoisotopic (exact) mass is 488 g/mol. The zero-order chi connectivity index (χ0) is 25.5. The molecule has 0 spiro atoms. The molecule has 8 unspecified atom stereocenters. The van der Waals surface area contributed by atoms with Gasteiger partial charge in [0.2, 0.25) is 0 Å². The highest BCUT2D eigenvalue weighted by molar-refractivity contribution is 5.66. The number of fused-ring (bicyclic) bond motifs is 5. The minimum Gasteiger partial charge on any atom is -0.463 e. The molecule has 4 nitrogen and oxygen atoms in total. The number of carbonyl (C=O) groups excluding carboxylic acids is 2. The predicted octanol–water partition coefficient (Wildman–Crippen LogP) is 7.58. The van der Waals surface area contributed by atoms with E-state index in [4.69, 9.17) is 9.47 Å². The number of esters is 2.